The van der Waals surface area contributed by atoms with Crippen LogP contribution in [-0.2, 0) is 11.2 Å². The Morgan fingerprint density at radius 2 is 1.84 bits per heavy atom. The lowest BCUT2D eigenvalue weighted by atomic mass is 10.1. The van der Waals surface area contributed by atoms with Gasteiger partial charge in [-0.25, -0.2) is 9.07 Å². The number of ether oxygens (including phenoxy) is 2. The number of para-hydroxylation sites is 1. The smallest absolute Gasteiger partial charge is 0.226 e. The molecule has 0 spiro atoms. The number of nitrogens with zero attached hydrogens (tertiary/aromatic N) is 3. The van der Waals surface area contributed by atoms with Crippen molar-refractivity contribution in [3.63, 3.8) is 0 Å². The first-order valence-electron chi connectivity index (χ1n) is 10.2. The average Bonchev–Trinajstić information content (AvgIpc) is 3.08. The fraction of sp³-hybridized carbons (Fsp3) is 0.333. The van der Waals surface area contributed by atoms with E-state index < -0.39 is 5.82 Å². The molecule has 1 amide bonds. The normalized spacial score (nSPS) is 10.9. The minimum absolute atomic E-state index is 0.0310. The van der Waals surface area contributed by atoms with Gasteiger partial charge in [0.25, 0.3) is 0 Å². The summed E-state index contributed by atoms with van der Waals surface area (Å²) in [4.78, 5) is 14.2. The lowest BCUT2D eigenvalue weighted by Crippen LogP contribution is -2.33. The molecule has 31 heavy (non-hydrogen) atoms. The molecule has 1 aromatic heterocycles. The Balaban J connectivity index is 1.99. The van der Waals surface area contributed by atoms with Crippen LogP contribution in [-0.4, -0.2) is 40.8 Å². The number of carbonyl (C=O) groups excluding carboxylic acids is 1. The molecule has 0 aliphatic carbocycles. The maximum atomic E-state index is 14.3. The molecule has 0 bridgehead atoms. The molecule has 7 heteroatoms. The van der Waals surface area contributed by atoms with E-state index in [4.69, 9.17) is 9.47 Å². The van der Waals surface area contributed by atoms with Crippen LogP contribution in [0.15, 0.2) is 48.5 Å². The van der Waals surface area contributed by atoms with Crippen LogP contribution in [0.1, 0.15) is 31.5 Å². The van der Waals surface area contributed by atoms with Crippen LogP contribution in [0.5, 0.6) is 17.4 Å². The fourth-order valence-corrected chi connectivity index (χ4v) is 3.16. The lowest BCUT2D eigenvalue weighted by molar-refractivity contribution is -0.131. The Morgan fingerprint density at radius 1 is 1.16 bits per heavy atom. The van der Waals surface area contributed by atoms with Gasteiger partial charge in [0.15, 0.2) is 11.6 Å². The number of amides is 1. The molecule has 0 saturated carbocycles. The van der Waals surface area contributed by atoms with Gasteiger partial charge < -0.3 is 14.4 Å². The zero-order valence-corrected chi connectivity index (χ0v) is 18.6. The molecule has 1 heterocycles. The summed E-state index contributed by atoms with van der Waals surface area (Å²) in [7, 11) is 3.39. The van der Waals surface area contributed by atoms with Crippen molar-refractivity contribution >= 4 is 5.91 Å². The molecule has 0 radical (unpaired) electrons. The van der Waals surface area contributed by atoms with Gasteiger partial charge in [-0.3, -0.25) is 4.79 Å². The summed E-state index contributed by atoms with van der Waals surface area (Å²) in [5, 5.41) is 4.62. The van der Waals surface area contributed by atoms with Crippen LogP contribution in [0.2, 0.25) is 0 Å². The van der Waals surface area contributed by atoms with E-state index in [-0.39, 0.29) is 17.7 Å². The first-order valence-corrected chi connectivity index (χ1v) is 10.2. The number of benzene rings is 2. The van der Waals surface area contributed by atoms with Crippen LogP contribution in [0.4, 0.5) is 4.39 Å². The van der Waals surface area contributed by atoms with E-state index in [2.05, 4.69) is 5.10 Å². The van der Waals surface area contributed by atoms with Gasteiger partial charge in [0.2, 0.25) is 11.8 Å². The largest absolute Gasteiger partial charge is 0.497 e. The van der Waals surface area contributed by atoms with Crippen LogP contribution >= 0.6 is 0 Å². The molecule has 0 aliphatic heterocycles. The number of carbonyl (C=O) groups is 1. The Kier molecular flexibility index (Phi) is 6.95. The van der Waals surface area contributed by atoms with Gasteiger partial charge in [-0.05, 0) is 63.6 Å². The van der Waals surface area contributed by atoms with Gasteiger partial charge in [0.05, 0.1) is 18.5 Å². The van der Waals surface area contributed by atoms with E-state index in [1.165, 1.54) is 6.07 Å². The number of halogens is 1. The maximum Gasteiger partial charge on any atom is 0.226 e. The van der Waals surface area contributed by atoms with Crippen molar-refractivity contribution in [3.05, 3.63) is 65.6 Å². The topological polar surface area (TPSA) is 56.6 Å². The molecule has 0 atom stereocenters. The molecule has 3 aromatic rings. The standard InChI is InChI=1S/C24H28FN3O3/c1-16(2)27(4)23(29)15-14-20-17(3)26-28(18-10-12-19(30-5)13-11-18)24(20)31-22-9-7-6-8-21(22)25/h6-13,16H,14-15H2,1-5H3. The number of aromatic nitrogens is 2. The molecular formula is C24H28FN3O3. The van der Waals surface area contributed by atoms with Gasteiger partial charge in [-0.1, -0.05) is 12.1 Å². The summed E-state index contributed by atoms with van der Waals surface area (Å²) in [6.45, 7) is 5.80. The monoisotopic (exact) mass is 425 g/mol. The average molecular weight is 426 g/mol. The molecule has 0 unspecified atom stereocenters. The third-order valence-electron chi connectivity index (χ3n) is 5.25. The predicted octanol–water partition coefficient (Wildman–Crippen LogP) is 4.92. The Morgan fingerprint density at radius 3 is 2.45 bits per heavy atom. The van der Waals surface area contributed by atoms with Crippen molar-refractivity contribution in [3.8, 4) is 23.1 Å². The zero-order chi connectivity index (χ0) is 22.5. The summed E-state index contributed by atoms with van der Waals surface area (Å²) in [6, 6.07) is 13.7. The molecule has 0 aliphatic rings. The molecule has 3 rings (SSSR count). The second-order valence-electron chi connectivity index (χ2n) is 7.61. The SMILES string of the molecule is COc1ccc(-n2nc(C)c(CCC(=O)N(C)C(C)C)c2Oc2ccccc2F)cc1. The number of hydrogen-bond acceptors (Lipinski definition) is 4. The molecule has 164 valence electrons. The summed E-state index contributed by atoms with van der Waals surface area (Å²) in [5.41, 5.74) is 2.24. The molecule has 2 aromatic carbocycles. The van der Waals surface area contributed by atoms with Gasteiger partial charge in [-0.2, -0.15) is 5.10 Å². The number of hydrogen-bond donors (Lipinski definition) is 0. The fourth-order valence-electron chi connectivity index (χ4n) is 3.16. The molecule has 6 nitrogen and oxygen atoms in total. The number of aryl methyl sites for hydroxylation is 1. The van der Waals surface area contributed by atoms with Crippen molar-refractivity contribution in [2.45, 2.75) is 39.7 Å². The van der Waals surface area contributed by atoms with Crippen LogP contribution in [0, 0.1) is 12.7 Å². The summed E-state index contributed by atoms with van der Waals surface area (Å²) >= 11 is 0. The van der Waals surface area contributed by atoms with Gasteiger partial charge >= 0.3 is 0 Å². The first kappa shape index (κ1) is 22.3. The minimum Gasteiger partial charge on any atom is -0.497 e. The van der Waals surface area contributed by atoms with Crippen LogP contribution in [0.25, 0.3) is 5.69 Å². The van der Waals surface area contributed by atoms with Crippen molar-refractivity contribution in [1.82, 2.24) is 14.7 Å². The molecule has 0 N–H and O–H groups in total. The zero-order valence-electron chi connectivity index (χ0n) is 18.6. The lowest BCUT2D eigenvalue weighted by Gasteiger charge is -2.21. The van der Waals surface area contributed by atoms with Gasteiger partial charge in [0, 0.05) is 25.1 Å². The minimum atomic E-state index is -0.468. The summed E-state index contributed by atoms with van der Waals surface area (Å²) in [5.74, 6) is 0.774. The highest BCUT2D eigenvalue weighted by Crippen LogP contribution is 2.33. The first-order chi connectivity index (χ1) is 14.8. The molecule has 0 saturated heterocycles. The van der Waals surface area contributed by atoms with E-state index in [1.807, 2.05) is 45.0 Å². The number of rotatable bonds is 8. The predicted molar refractivity (Wildman–Crippen MR) is 118 cm³/mol. The quantitative estimate of drug-likeness (QED) is 0.514. The highest BCUT2D eigenvalue weighted by Gasteiger charge is 2.22. The van der Waals surface area contributed by atoms with E-state index in [0.29, 0.717) is 24.5 Å². The second-order valence-corrected chi connectivity index (χ2v) is 7.61. The number of methoxy groups -OCH3 is 1. The van der Waals surface area contributed by atoms with Crippen molar-refractivity contribution in [1.29, 1.82) is 0 Å². The Labute approximate surface area is 182 Å². The van der Waals surface area contributed by atoms with Crippen molar-refractivity contribution in [2.75, 3.05) is 14.2 Å². The van der Waals surface area contributed by atoms with E-state index >= 15 is 0 Å². The van der Waals surface area contributed by atoms with Gasteiger partial charge in [0.1, 0.15) is 5.75 Å². The van der Waals surface area contributed by atoms with E-state index in [0.717, 1.165) is 16.9 Å². The highest BCUT2D eigenvalue weighted by atomic mass is 19.1. The third kappa shape index (κ3) is 5.05. The third-order valence-corrected chi connectivity index (χ3v) is 5.25. The van der Waals surface area contributed by atoms with E-state index in [9.17, 15) is 9.18 Å². The Bertz CT molecular complexity index is 1040. The van der Waals surface area contributed by atoms with Crippen molar-refractivity contribution < 1.29 is 18.7 Å². The molecular weight excluding hydrogens is 397 g/mol. The second kappa shape index (κ2) is 9.64. The van der Waals surface area contributed by atoms with Crippen molar-refractivity contribution in [2.24, 2.45) is 0 Å². The summed E-state index contributed by atoms with van der Waals surface area (Å²) in [6.07, 6.45) is 0.735. The molecule has 0 fully saturated rings. The van der Waals surface area contributed by atoms with Crippen LogP contribution < -0.4 is 9.47 Å². The van der Waals surface area contributed by atoms with E-state index in [1.54, 1.807) is 41.9 Å². The maximum absolute atomic E-state index is 14.3. The highest BCUT2D eigenvalue weighted by molar-refractivity contribution is 5.76. The van der Waals surface area contributed by atoms with Crippen LogP contribution in [0.3, 0.4) is 0 Å². The summed E-state index contributed by atoms with van der Waals surface area (Å²) < 4.78 is 27.2. The Hall–Kier alpha value is -3.35. The van der Waals surface area contributed by atoms with Gasteiger partial charge in [-0.15, -0.1) is 0 Å².